The Hall–Kier alpha value is -1.83. The van der Waals surface area contributed by atoms with Crippen molar-refractivity contribution >= 4 is 5.97 Å². The molecule has 2 nitrogen and oxygen atoms in total. The first-order valence-electron chi connectivity index (χ1n) is 9.04. The molecule has 0 spiro atoms. The van der Waals surface area contributed by atoms with Gasteiger partial charge in [-0.2, -0.15) is 0 Å². The van der Waals surface area contributed by atoms with Crippen LogP contribution in [0.2, 0.25) is 0 Å². The fourth-order valence-electron chi connectivity index (χ4n) is 2.52. The van der Waals surface area contributed by atoms with Crippen LogP contribution in [0.1, 0.15) is 61.8 Å². The second kappa shape index (κ2) is 10.9. The van der Waals surface area contributed by atoms with E-state index in [-0.39, 0.29) is 23.2 Å². The maximum Gasteiger partial charge on any atom is 0.314 e. The van der Waals surface area contributed by atoms with E-state index in [0.717, 1.165) is 12.0 Å². The van der Waals surface area contributed by atoms with Gasteiger partial charge >= 0.3 is 5.97 Å². The van der Waals surface area contributed by atoms with Crippen LogP contribution in [-0.4, -0.2) is 5.97 Å². The first kappa shape index (κ1) is 23.2. The Morgan fingerprint density at radius 2 is 1.72 bits per heavy atom. The SMILES string of the molecule is C=C\C(=C/C=C(C)/C=C(C)\C=C/C)OC(=O)C(CC(C)(C)C)C(C)C. The monoisotopic (exact) mass is 344 g/mol. The lowest BCUT2D eigenvalue weighted by atomic mass is 9.80. The van der Waals surface area contributed by atoms with E-state index in [1.54, 1.807) is 12.2 Å². The van der Waals surface area contributed by atoms with E-state index in [4.69, 9.17) is 4.74 Å². The number of rotatable bonds is 8. The fourth-order valence-corrected chi connectivity index (χ4v) is 2.52. The molecule has 0 fully saturated rings. The summed E-state index contributed by atoms with van der Waals surface area (Å²) in [6, 6.07) is 0. The minimum atomic E-state index is -0.178. The molecule has 140 valence electrons. The highest BCUT2D eigenvalue weighted by Crippen LogP contribution is 2.30. The van der Waals surface area contributed by atoms with Crippen molar-refractivity contribution in [2.75, 3.05) is 0 Å². The predicted octanol–water partition coefficient (Wildman–Crippen LogP) is 6.78. The molecule has 0 saturated carbocycles. The van der Waals surface area contributed by atoms with Crippen molar-refractivity contribution in [3.8, 4) is 0 Å². The van der Waals surface area contributed by atoms with E-state index in [1.807, 2.05) is 26.0 Å². The first-order valence-corrected chi connectivity index (χ1v) is 9.04. The largest absolute Gasteiger partial charge is 0.426 e. The van der Waals surface area contributed by atoms with Crippen molar-refractivity contribution < 1.29 is 9.53 Å². The molecule has 0 aromatic rings. The summed E-state index contributed by atoms with van der Waals surface area (Å²) in [6.45, 7) is 20.4. The molecule has 0 N–H and O–H groups in total. The van der Waals surface area contributed by atoms with Crippen molar-refractivity contribution in [3.63, 3.8) is 0 Å². The van der Waals surface area contributed by atoms with Gasteiger partial charge in [-0.05, 0) is 50.7 Å². The lowest BCUT2D eigenvalue weighted by molar-refractivity contribution is -0.146. The molecule has 25 heavy (non-hydrogen) atoms. The molecular formula is C23H36O2. The standard InChI is InChI=1S/C23H36O2/c1-10-12-18(5)15-19(6)13-14-20(11-2)25-22(24)21(17(3)4)16-23(7,8)9/h10-15,17,21H,2,16H2,1,3-9H3/b12-10-,18-15-,19-13+,20-14+. The van der Waals surface area contributed by atoms with Gasteiger partial charge in [0.05, 0.1) is 5.92 Å². The van der Waals surface area contributed by atoms with Crippen molar-refractivity contribution in [1.82, 2.24) is 0 Å². The normalized spacial score (nSPS) is 15.6. The van der Waals surface area contributed by atoms with Crippen LogP contribution in [-0.2, 0) is 9.53 Å². The molecule has 0 saturated heterocycles. The van der Waals surface area contributed by atoms with Crippen LogP contribution in [0.5, 0.6) is 0 Å². The summed E-state index contributed by atoms with van der Waals surface area (Å²) < 4.78 is 5.60. The second-order valence-electron chi connectivity index (χ2n) is 8.11. The quantitative estimate of drug-likeness (QED) is 0.276. The molecule has 0 amide bonds. The molecule has 2 heteroatoms. The number of carbonyl (C=O) groups is 1. The zero-order valence-electron chi connectivity index (χ0n) is 17.3. The van der Waals surface area contributed by atoms with E-state index < -0.39 is 0 Å². The molecule has 1 unspecified atom stereocenters. The van der Waals surface area contributed by atoms with E-state index in [0.29, 0.717) is 5.76 Å². The summed E-state index contributed by atoms with van der Waals surface area (Å²) in [7, 11) is 0. The van der Waals surface area contributed by atoms with Crippen LogP contribution in [0.25, 0.3) is 0 Å². The predicted molar refractivity (Wildman–Crippen MR) is 109 cm³/mol. The van der Waals surface area contributed by atoms with Gasteiger partial charge in [-0.1, -0.05) is 76.6 Å². The molecule has 0 heterocycles. The molecule has 0 bridgehead atoms. The summed E-state index contributed by atoms with van der Waals surface area (Å²) in [4.78, 5) is 12.6. The van der Waals surface area contributed by atoms with Crippen LogP contribution in [0.15, 0.2) is 59.9 Å². The highest BCUT2D eigenvalue weighted by molar-refractivity contribution is 5.74. The molecule has 0 aliphatic heterocycles. The van der Waals surface area contributed by atoms with Gasteiger partial charge in [0.1, 0.15) is 5.76 Å². The summed E-state index contributed by atoms with van der Waals surface area (Å²) >= 11 is 0. The Morgan fingerprint density at radius 1 is 1.12 bits per heavy atom. The fraction of sp³-hybridized carbons (Fsp3) is 0.522. The van der Waals surface area contributed by atoms with Crippen LogP contribution in [0.4, 0.5) is 0 Å². The van der Waals surface area contributed by atoms with Crippen molar-refractivity contribution in [1.29, 1.82) is 0 Å². The first-order chi connectivity index (χ1) is 11.5. The van der Waals surface area contributed by atoms with E-state index in [1.165, 1.54) is 5.57 Å². The third kappa shape index (κ3) is 10.6. The van der Waals surface area contributed by atoms with Crippen molar-refractivity contribution in [3.05, 3.63) is 59.9 Å². The molecule has 0 aliphatic carbocycles. The number of hydrogen-bond acceptors (Lipinski definition) is 2. The summed E-state index contributed by atoms with van der Waals surface area (Å²) in [5.74, 6) is 0.426. The number of carbonyl (C=O) groups excluding carboxylic acids is 1. The molecule has 1 atom stereocenters. The van der Waals surface area contributed by atoms with Gasteiger partial charge in [0.2, 0.25) is 0 Å². The van der Waals surface area contributed by atoms with Gasteiger partial charge in [0.15, 0.2) is 0 Å². The van der Waals surface area contributed by atoms with Gasteiger partial charge in [-0.15, -0.1) is 0 Å². The maximum absolute atomic E-state index is 12.6. The van der Waals surface area contributed by atoms with Gasteiger partial charge < -0.3 is 4.74 Å². The Morgan fingerprint density at radius 3 is 2.16 bits per heavy atom. The Kier molecular flexibility index (Phi) is 10.1. The smallest absolute Gasteiger partial charge is 0.314 e. The lowest BCUT2D eigenvalue weighted by Gasteiger charge is -2.27. The zero-order chi connectivity index (χ0) is 19.6. The topological polar surface area (TPSA) is 26.3 Å². The van der Waals surface area contributed by atoms with Crippen LogP contribution in [0, 0.1) is 17.3 Å². The summed E-state index contributed by atoms with van der Waals surface area (Å²) in [5.41, 5.74) is 2.34. The van der Waals surface area contributed by atoms with Gasteiger partial charge in [0, 0.05) is 0 Å². The minimum absolute atomic E-state index is 0.0810. The minimum Gasteiger partial charge on any atom is -0.426 e. The number of hydrogen-bond donors (Lipinski definition) is 0. The molecule has 0 aromatic heterocycles. The van der Waals surface area contributed by atoms with Gasteiger partial charge in [0.25, 0.3) is 0 Å². The Labute approximate surface area is 155 Å². The highest BCUT2D eigenvalue weighted by atomic mass is 16.5. The van der Waals surface area contributed by atoms with E-state index in [9.17, 15) is 4.79 Å². The summed E-state index contributed by atoms with van der Waals surface area (Å²) in [5, 5.41) is 0. The van der Waals surface area contributed by atoms with Crippen molar-refractivity contribution in [2.24, 2.45) is 17.3 Å². The zero-order valence-corrected chi connectivity index (χ0v) is 17.3. The molecule has 0 rings (SSSR count). The van der Waals surface area contributed by atoms with Crippen LogP contribution >= 0.6 is 0 Å². The highest BCUT2D eigenvalue weighted by Gasteiger charge is 2.29. The van der Waals surface area contributed by atoms with Crippen LogP contribution in [0.3, 0.4) is 0 Å². The molecule has 0 aliphatic rings. The molecule has 0 radical (unpaired) electrons. The Bertz CT molecular complexity index is 563. The van der Waals surface area contributed by atoms with Gasteiger partial charge in [-0.25, -0.2) is 0 Å². The molecule has 0 aromatic carbocycles. The maximum atomic E-state index is 12.6. The number of esters is 1. The third-order valence-corrected chi connectivity index (χ3v) is 3.75. The van der Waals surface area contributed by atoms with E-state index in [2.05, 4.69) is 60.3 Å². The van der Waals surface area contributed by atoms with Crippen molar-refractivity contribution in [2.45, 2.75) is 61.8 Å². The average molecular weight is 345 g/mol. The van der Waals surface area contributed by atoms with Crippen LogP contribution < -0.4 is 0 Å². The third-order valence-electron chi connectivity index (χ3n) is 3.75. The van der Waals surface area contributed by atoms with Gasteiger partial charge in [-0.3, -0.25) is 4.79 Å². The van der Waals surface area contributed by atoms with E-state index >= 15 is 0 Å². The Balaban J connectivity index is 5.20. The summed E-state index contributed by atoms with van der Waals surface area (Å²) in [6.07, 6.45) is 12.3. The number of ether oxygens (including phenoxy) is 1. The molecular weight excluding hydrogens is 308 g/mol. The average Bonchev–Trinajstić information content (AvgIpc) is 2.47. The second-order valence-corrected chi connectivity index (χ2v) is 8.11. The number of allylic oxidation sites excluding steroid dienone is 8. The lowest BCUT2D eigenvalue weighted by Crippen LogP contribution is -2.27.